The van der Waals surface area contributed by atoms with E-state index in [-0.39, 0.29) is 44.7 Å². The minimum atomic E-state index is -0.969. The summed E-state index contributed by atoms with van der Waals surface area (Å²) in [5.74, 6) is -3.00. The third kappa shape index (κ3) is 7.88. The summed E-state index contributed by atoms with van der Waals surface area (Å²) >= 11 is 0. The summed E-state index contributed by atoms with van der Waals surface area (Å²) in [6, 6.07) is 2.09. The van der Waals surface area contributed by atoms with E-state index < -0.39 is 64.6 Å². The van der Waals surface area contributed by atoms with E-state index in [1.807, 2.05) is 6.92 Å². The van der Waals surface area contributed by atoms with Gasteiger partial charge in [-0.15, -0.1) is 0 Å². The molecule has 0 unspecified atom stereocenters. The molecule has 2 amide bonds. The van der Waals surface area contributed by atoms with Crippen molar-refractivity contribution in [2.75, 3.05) is 20.4 Å². The van der Waals surface area contributed by atoms with Crippen LogP contribution in [0.15, 0.2) is 34.3 Å². The molecule has 12 nitrogen and oxygen atoms in total. The first-order valence-electron chi connectivity index (χ1n) is 16.8. The third-order valence-electron chi connectivity index (χ3n) is 9.54. The molecule has 5 rings (SSSR count). The zero-order chi connectivity index (χ0) is 35.3. The van der Waals surface area contributed by atoms with E-state index in [1.54, 1.807) is 4.90 Å². The van der Waals surface area contributed by atoms with E-state index in [4.69, 9.17) is 19.0 Å². The molecule has 14 heteroatoms. The fourth-order valence-electron chi connectivity index (χ4n) is 6.65. The molecule has 1 N–H and O–H groups in total. The molecular weight excluding hydrogens is 642 g/mol. The number of rotatable bonds is 13. The molecule has 1 aromatic heterocycles. The van der Waals surface area contributed by atoms with Gasteiger partial charge in [-0.2, -0.15) is 0 Å². The molecule has 1 fully saturated rings. The first-order valence-corrected chi connectivity index (χ1v) is 16.8. The highest BCUT2D eigenvalue weighted by atomic mass is 19.1. The Hall–Kier alpha value is -4.49. The Balaban J connectivity index is 0.00000562. The van der Waals surface area contributed by atoms with Crippen molar-refractivity contribution in [2.24, 2.45) is 11.1 Å². The van der Waals surface area contributed by atoms with Crippen molar-refractivity contribution < 1.29 is 43.6 Å². The van der Waals surface area contributed by atoms with Gasteiger partial charge in [0.1, 0.15) is 17.2 Å². The van der Waals surface area contributed by atoms with Gasteiger partial charge in [0.15, 0.2) is 11.3 Å². The first-order chi connectivity index (χ1) is 23.4. The summed E-state index contributed by atoms with van der Waals surface area (Å²) in [5, 5.41) is 6.62. The van der Waals surface area contributed by atoms with E-state index in [0.717, 1.165) is 31.7 Å². The number of amides is 2. The van der Waals surface area contributed by atoms with Crippen LogP contribution in [0.25, 0.3) is 0 Å². The number of aromatic nitrogens is 1. The smallest absolute Gasteiger partial charge is 0.308 e. The lowest BCUT2D eigenvalue weighted by molar-refractivity contribution is -0.150. The van der Waals surface area contributed by atoms with Crippen LogP contribution in [0, 0.1) is 17.6 Å². The van der Waals surface area contributed by atoms with Gasteiger partial charge >= 0.3 is 5.97 Å². The minimum absolute atomic E-state index is 0. The van der Waals surface area contributed by atoms with Crippen molar-refractivity contribution in [1.29, 1.82) is 0 Å². The second-order valence-corrected chi connectivity index (χ2v) is 13.4. The molecule has 3 aliphatic heterocycles. The highest BCUT2D eigenvalue weighted by Crippen LogP contribution is 2.46. The van der Waals surface area contributed by atoms with Crippen molar-refractivity contribution in [3.8, 4) is 5.75 Å². The number of carbonyl (C=O) groups is 3. The van der Waals surface area contributed by atoms with E-state index >= 15 is 0 Å². The molecule has 2 aromatic rings. The summed E-state index contributed by atoms with van der Waals surface area (Å²) in [5.41, 5.74) is -2.40. The van der Waals surface area contributed by atoms with Gasteiger partial charge in [0.05, 0.1) is 19.6 Å². The van der Waals surface area contributed by atoms with Gasteiger partial charge in [-0.1, -0.05) is 50.8 Å². The van der Waals surface area contributed by atoms with E-state index in [9.17, 15) is 28.0 Å². The van der Waals surface area contributed by atoms with Gasteiger partial charge in [-0.05, 0) is 38.2 Å². The number of fused-ring (bicyclic) bond motifs is 5. The van der Waals surface area contributed by atoms with Crippen molar-refractivity contribution >= 4 is 23.7 Å². The lowest BCUT2D eigenvalue weighted by atomic mass is 9.85. The Morgan fingerprint density at radius 2 is 1.96 bits per heavy atom. The molecule has 1 saturated heterocycles. The number of unbranched alkanes of at least 4 members (excludes halogenated alkanes) is 3. The molecule has 2 bridgehead atoms. The zero-order valence-electron chi connectivity index (χ0n) is 28.4. The Labute approximate surface area is 285 Å². The van der Waals surface area contributed by atoms with Crippen molar-refractivity contribution in [3.05, 3.63) is 63.1 Å². The molecule has 1 aromatic carbocycles. The van der Waals surface area contributed by atoms with Crippen LogP contribution in [0.3, 0.4) is 0 Å². The number of pyridine rings is 1. The van der Waals surface area contributed by atoms with Crippen LogP contribution < -0.4 is 15.5 Å². The fraction of sp³-hybridized carbons (Fsp3) is 0.571. The van der Waals surface area contributed by atoms with Crippen LogP contribution in [0.5, 0.6) is 5.75 Å². The van der Waals surface area contributed by atoms with Crippen LogP contribution in [0.4, 0.5) is 8.78 Å². The molecule has 3 atom stereocenters. The first kappa shape index (κ1) is 35.8. The molecule has 4 heterocycles. The van der Waals surface area contributed by atoms with Crippen molar-refractivity contribution in [2.45, 2.75) is 103 Å². The van der Waals surface area contributed by atoms with E-state index in [0.29, 0.717) is 37.1 Å². The predicted molar refractivity (Wildman–Crippen MR) is 176 cm³/mol. The maximum Gasteiger partial charge on any atom is 0.308 e. The maximum atomic E-state index is 14.3. The quantitative estimate of drug-likeness (QED) is 0.166. The molecule has 0 aliphatic carbocycles. The average molecular weight is 689 g/mol. The number of carbonyl (C=O) groups excluding carboxylic acids is 3. The minimum Gasteiger partial charge on any atom is -0.482 e. The summed E-state index contributed by atoms with van der Waals surface area (Å²) in [4.78, 5) is 61.6. The van der Waals surface area contributed by atoms with E-state index in [2.05, 4.69) is 24.3 Å². The third-order valence-corrected chi connectivity index (χ3v) is 9.54. The van der Waals surface area contributed by atoms with Crippen LogP contribution >= 0.6 is 0 Å². The van der Waals surface area contributed by atoms with Crippen LogP contribution in [0.2, 0.25) is 0 Å². The van der Waals surface area contributed by atoms with Crippen LogP contribution in [0.1, 0.15) is 112 Å². The molecule has 1 spiro atoms. The Morgan fingerprint density at radius 1 is 1.18 bits per heavy atom. The van der Waals surface area contributed by atoms with Gasteiger partial charge < -0.3 is 33.8 Å². The second kappa shape index (κ2) is 15.4. The van der Waals surface area contributed by atoms with Crippen molar-refractivity contribution in [3.63, 3.8) is 0 Å². The number of nitrogens with one attached hydrogen (secondary N) is 1. The fourth-order valence-corrected chi connectivity index (χ4v) is 6.65. The van der Waals surface area contributed by atoms with Crippen LogP contribution in [-0.4, -0.2) is 65.2 Å². The molecule has 268 valence electrons. The summed E-state index contributed by atoms with van der Waals surface area (Å²) in [6.07, 6.45) is 7.51. The lowest BCUT2D eigenvalue weighted by Gasteiger charge is -2.42. The second-order valence-electron chi connectivity index (χ2n) is 13.4. The molecule has 3 aliphatic rings. The summed E-state index contributed by atoms with van der Waals surface area (Å²) < 4.78 is 45.7. The normalized spacial score (nSPS) is 21.2. The van der Waals surface area contributed by atoms with Crippen LogP contribution in [-0.2, 0) is 25.7 Å². The number of oxime groups is 1. The highest BCUT2D eigenvalue weighted by Gasteiger charge is 2.55. The number of ether oxygens (including phenoxy) is 3. The molecule has 49 heavy (non-hydrogen) atoms. The largest absolute Gasteiger partial charge is 0.482 e. The number of hydrogen-bond donors (Lipinski definition) is 1. The maximum absolute atomic E-state index is 14.3. The van der Waals surface area contributed by atoms with E-state index in [1.165, 1.54) is 23.9 Å². The summed E-state index contributed by atoms with van der Waals surface area (Å²) in [6.45, 7) is 5.42. The standard InChI is InChI=1S/C35H44F2N4O8.H2/c1-21(2)9-7-5-6-8-10-29(42)47-20-48-32-30-34(45)40-19-27(35(14-13-22(40)3)16-28(46-4)39-49-35)41(30)18-25(31(32)43)33(44)38-17-23-11-12-24(36)15-26(23)37;/h11-12,15,18,21-22,27H,5-10,13-14,16-17,19-20H2,1-4H3,(H,38,44);1H/t22-,27+,35-;/m0./s1. The highest BCUT2D eigenvalue weighted by molar-refractivity contribution is 5.99. The lowest BCUT2D eigenvalue weighted by Crippen LogP contribution is -2.52. The number of methoxy groups -OCH3 is 1. The molecule has 0 saturated carbocycles. The monoisotopic (exact) mass is 688 g/mol. The predicted octanol–water partition coefficient (Wildman–Crippen LogP) is 5.48. The number of hydrogen-bond acceptors (Lipinski definition) is 9. The van der Waals surface area contributed by atoms with Gasteiger partial charge in [0.2, 0.25) is 23.9 Å². The number of benzene rings is 1. The molecule has 0 radical (unpaired) electrons. The zero-order valence-corrected chi connectivity index (χ0v) is 28.4. The number of esters is 1. The topological polar surface area (TPSA) is 138 Å². The SMILES string of the molecule is COC1=NO[C@@]2(CC[C@H](C)N3C[C@H]2n2cc(C(=O)NCc4ccc(F)cc4F)c(=O)c(OCOC(=O)CCCCCCC(C)C)c2C3=O)C1.[HH]. The van der Waals surface area contributed by atoms with Gasteiger partial charge in [-0.3, -0.25) is 19.2 Å². The number of halogens is 2. The Kier molecular flexibility index (Phi) is 11.2. The van der Waals surface area contributed by atoms with Gasteiger partial charge in [0.25, 0.3) is 11.8 Å². The van der Waals surface area contributed by atoms with Gasteiger partial charge in [-0.25, -0.2) is 8.78 Å². The Morgan fingerprint density at radius 3 is 2.67 bits per heavy atom. The average Bonchev–Trinajstić information content (AvgIpc) is 3.44. The van der Waals surface area contributed by atoms with Gasteiger partial charge in [0, 0.05) is 44.8 Å². The van der Waals surface area contributed by atoms with Crippen molar-refractivity contribution in [1.82, 2.24) is 14.8 Å². The number of nitrogens with zero attached hydrogens (tertiary/aromatic N) is 3. The Bertz CT molecular complexity index is 1670. The molecular formula is C35H46F2N4O8. The summed E-state index contributed by atoms with van der Waals surface area (Å²) in [7, 11) is 1.48.